The maximum absolute atomic E-state index is 12.6. The van der Waals surface area contributed by atoms with Crippen LogP contribution in [0.3, 0.4) is 0 Å². The van der Waals surface area contributed by atoms with Gasteiger partial charge in [-0.15, -0.1) is 0 Å². The van der Waals surface area contributed by atoms with E-state index in [2.05, 4.69) is 5.32 Å². The van der Waals surface area contributed by atoms with Crippen LogP contribution in [0.1, 0.15) is 31.8 Å². The van der Waals surface area contributed by atoms with Crippen LogP contribution in [-0.4, -0.2) is 29.2 Å². The molecule has 4 rings (SSSR count). The summed E-state index contributed by atoms with van der Waals surface area (Å²) in [6.07, 6.45) is 0. The predicted molar refractivity (Wildman–Crippen MR) is 112 cm³/mol. The zero-order chi connectivity index (χ0) is 21.1. The number of nitrogens with one attached hydrogen (secondary N) is 1. The van der Waals surface area contributed by atoms with E-state index >= 15 is 0 Å². The molecular weight excluding hydrogens is 380 g/mol. The van der Waals surface area contributed by atoms with Crippen molar-refractivity contribution < 1.29 is 19.1 Å². The van der Waals surface area contributed by atoms with Crippen LogP contribution in [0.4, 0.5) is 5.69 Å². The van der Waals surface area contributed by atoms with Crippen molar-refractivity contribution >= 4 is 23.4 Å². The molecule has 0 atom stereocenters. The molecule has 6 heteroatoms. The maximum Gasteiger partial charge on any atom is 0.262 e. The Morgan fingerprint density at radius 3 is 2.20 bits per heavy atom. The van der Waals surface area contributed by atoms with Gasteiger partial charge in [0.25, 0.3) is 11.8 Å². The minimum Gasteiger partial charge on any atom is -0.487 e. The average molecular weight is 400 g/mol. The zero-order valence-corrected chi connectivity index (χ0v) is 16.4. The highest BCUT2D eigenvalue weighted by Crippen LogP contribution is 2.27. The second-order valence-electron chi connectivity index (χ2n) is 7.06. The van der Waals surface area contributed by atoms with Gasteiger partial charge in [-0.3, -0.25) is 19.3 Å². The summed E-state index contributed by atoms with van der Waals surface area (Å²) in [7, 11) is 0. The van der Waals surface area contributed by atoms with Crippen LogP contribution in [0.15, 0.2) is 72.8 Å². The molecule has 0 aromatic heterocycles. The van der Waals surface area contributed by atoms with Gasteiger partial charge in [-0.1, -0.05) is 48.5 Å². The Morgan fingerprint density at radius 1 is 0.900 bits per heavy atom. The predicted octanol–water partition coefficient (Wildman–Crippen LogP) is 3.81. The lowest BCUT2D eigenvalue weighted by atomic mass is 10.1. The Labute approximate surface area is 174 Å². The number of carbonyl (C=O) groups excluding carboxylic acids is 3. The SMILES string of the molecule is Cc1ccc(NC(=O)CN2C(=O)c3ccccc3C2=O)c(OCc2ccccc2)c1. The van der Waals surface area contributed by atoms with E-state index in [1.54, 1.807) is 30.3 Å². The van der Waals surface area contributed by atoms with Gasteiger partial charge < -0.3 is 10.1 Å². The monoisotopic (exact) mass is 400 g/mol. The highest BCUT2D eigenvalue weighted by Gasteiger charge is 2.36. The van der Waals surface area contributed by atoms with Crippen molar-refractivity contribution in [2.45, 2.75) is 13.5 Å². The van der Waals surface area contributed by atoms with Crippen molar-refractivity contribution in [3.05, 3.63) is 95.1 Å². The highest BCUT2D eigenvalue weighted by atomic mass is 16.5. The summed E-state index contributed by atoms with van der Waals surface area (Å²) in [6, 6.07) is 21.7. The molecule has 3 amide bonds. The average Bonchev–Trinajstić information content (AvgIpc) is 3.00. The van der Waals surface area contributed by atoms with Crippen molar-refractivity contribution in [2.24, 2.45) is 0 Å². The number of imide groups is 1. The second kappa shape index (κ2) is 8.21. The van der Waals surface area contributed by atoms with Gasteiger partial charge in [-0.05, 0) is 42.3 Å². The van der Waals surface area contributed by atoms with Crippen LogP contribution in [0, 0.1) is 6.92 Å². The summed E-state index contributed by atoms with van der Waals surface area (Å²) in [5, 5.41) is 2.76. The molecule has 1 aliphatic heterocycles. The summed E-state index contributed by atoms with van der Waals surface area (Å²) < 4.78 is 5.91. The molecule has 0 radical (unpaired) electrons. The summed E-state index contributed by atoms with van der Waals surface area (Å²) >= 11 is 0. The minimum atomic E-state index is -0.474. The number of hydrogen-bond donors (Lipinski definition) is 1. The summed E-state index contributed by atoms with van der Waals surface area (Å²) in [5.41, 5.74) is 3.10. The first kappa shape index (κ1) is 19.4. The van der Waals surface area contributed by atoms with E-state index in [4.69, 9.17) is 4.74 Å². The zero-order valence-electron chi connectivity index (χ0n) is 16.4. The van der Waals surface area contributed by atoms with Gasteiger partial charge in [-0.2, -0.15) is 0 Å². The van der Waals surface area contributed by atoms with Gasteiger partial charge in [0.2, 0.25) is 5.91 Å². The lowest BCUT2D eigenvalue weighted by Crippen LogP contribution is -2.37. The number of anilines is 1. The minimum absolute atomic E-state index is 0.317. The van der Waals surface area contributed by atoms with Crippen LogP contribution in [-0.2, 0) is 11.4 Å². The first-order valence-electron chi connectivity index (χ1n) is 9.55. The third-order valence-electron chi connectivity index (χ3n) is 4.83. The number of hydrogen-bond acceptors (Lipinski definition) is 4. The molecule has 3 aromatic rings. The fourth-order valence-corrected chi connectivity index (χ4v) is 3.30. The van der Waals surface area contributed by atoms with Crippen molar-refractivity contribution in [1.82, 2.24) is 4.90 Å². The van der Waals surface area contributed by atoms with Gasteiger partial charge in [0, 0.05) is 0 Å². The molecule has 1 N–H and O–H groups in total. The van der Waals surface area contributed by atoms with Crippen LogP contribution in [0.2, 0.25) is 0 Å². The quantitative estimate of drug-likeness (QED) is 0.639. The number of fused-ring (bicyclic) bond motifs is 1. The van der Waals surface area contributed by atoms with Gasteiger partial charge in [0.15, 0.2) is 0 Å². The van der Waals surface area contributed by atoms with E-state index < -0.39 is 17.7 Å². The van der Waals surface area contributed by atoms with E-state index in [1.165, 1.54) is 0 Å². The van der Waals surface area contributed by atoms with E-state index in [9.17, 15) is 14.4 Å². The van der Waals surface area contributed by atoms with Crippen LogP contribution >= 0.6 is 0 Å². The fourth-order valence-electron chi connectivity index (χ4n) is 3.30. The topological polar surface area (TPSA) is 75.7 Å². The molecular formula is C24H20N2O4. The third kappa shape index (κ3) is 3.93. The summed E-state index contributed by atoms with van der Waals surface area (Å²) in [6.45, 7) is 1.92. The van der Waals surface area contributed by atoms with Crippen molar-refractivity contribution in [1.29, 1.82) is 0 Å². The molecule has 1 heterocycles. The number of nitrogens with zero attached hydrogens (tertiary/aromatic N) is 1. The first-order valence-corrected chi connectivity index (χ1v) is 9.55. The smallest absolute Gasteiger partial charge is 0.262 e. The third-order valence-corrected chi connectivity index (χ3v) is 4.83. The van der Waals surface area contributed by atoms with Gasteiger partial charge in [0.05, 0.1) is 16.8 Å². The second-order valence-corrected chi connectivity index (χ2v) is 7.06. The molecule has 3 aromatic carbocycles. The summed E-state index contributed by atoms with van der Waals surface area (Å²) in [4.78, 5) is 38.5. The Morgan fingerprint density at radius 2 is 1.53 bits per heavy atom. The van der Waals surface area contributed by atoms with E-state index in [0.29, 0.717) is 29.2 Å². The standard InChI is InChI=1S/C24H20N2O4/c1-16-11-12-20(21(13-16)30-15-17-7-3-2-4-8-17)25-22(27)14-26-23(28)18-9-5-6-10-19(18)24(26)29/h2-13H,14-15H2,1H3,(H,25,27). The molecule has 150 valence electrons. The van der Waals surface area contributed by atoms with E-state index in [1.807, 2.05) is 49.4 Å². The number of carbonyl (C=O) groups is 3. The molecule has 0 bridgehead atoms. The number of amides is 3. The van der Waals surface area contributed by atoms with Gasteiger partial charge >= 0.3 is 0 Å². The normalized spacial score (nSPS) is 12.6. The van der Waals surface area contributed by atoms with Crippen LogP contribution in [0.5, 0.6) is 5.75 Å². The number of ether oxygens (including phenoxy) is 1. The Kier molecular flexibility index (Phi) is 5.30. The molecule has 0 saturated carbocycles. The van der Waals surface area contributed by atoms with Crippen LogP contribution in [0.25, 0.3) is 0 Å². The summed E-state index contributed by atoms with van der Waals surface area (Å²) in [5.74, 6) is -0.877. The Hall–Kier alpha value is -3.93. The number of aryl methyl sites for hydroxylation is 1. The number of benzene rings is 3. The van der Waals surface area contributed by atoms with E-state index in [-0.39, 0.29) is 6.54 Å². The molecule has 6 nitrogen and oxygen atoms in total. The van der Waals surface area contributed by atoms with Crippen molar-refractivity contribution in [3.63, 3.8) is 0 Å². The van der Waals surface area contributed by atoms with Gasteiger partial charge in [0.1, 0.15) is 18.9 Å². The molecule has 0 saturated heterocycles. The number of rotatable bonds is 6. The van der Waals surface area contributed by atoms with Crippen molar-refractivity contribution in [2.75, 3.05) is 11.9 Å². The molecule has 0 spiro atoms. The lowest BCUT2D eigenvalue weighted by molar-refractivity contribution is -0.116. The Bertz CT molecular complexity index is 1090. The van der Waals surface area contributed by atoms with Crippen molar-refractivity contribution in [3.8, 4) is 5.75 Å². The highest BCUT2D eigenvalue weighted by molar-refractivity contribution is 6.22. The molecule has 1 aliphatic rings. The Balaban J connectivity index is 1.46. The lowest BCUT2D eigenvalue weighted by Gasteiger charge is -2.16. The molecule has 0 fully saturated rings. The molecule has 0 unspecified atom stereocenters. The maximum atomic E-state index is 12.6. The fraction of sp³-hybridized carbons (Fsp3) is 0.125. The molecule has 0 aliphatic carbocycles. The largest absolute Gasteiger partial charge is 0.487 e. The first-order chi connectivity index (χ1) is 14.5. The van der Waals surface area contributed by atoms with E-state index in [0.717, 1.165) is 16.0 Å². The van der Waals surface area contributed by atoms with Gasteiger partial charge in [-0.25, -0.2) is 0 Å². The molecule has 30 heavy (non-hydrogen) atoms. The van der Waals surface area contributed by atoms with Crippen LogP contribution < -0.4 is 10.1 Å².